The molecule has 2 heterocycles. The van der Waals surface area contributed by atoms with Crippen molar-refractivity contribution >= 4 is 21.8 Å². The zero-order valence-electron chi connectivity index (χ0n) is 16.0. The van der Waals surface area contributed by atoms with E-state index in [1.807, 2.05) is 18.5 Å². The summed E-state index contributed by atoms with van der Waals surface area (Å²) < 4.78 is 2.67. The summed E-state index contributed by atoms with van der Waals surface area (Å²) in [4.78, 5) is 12.3. The standard InChI is InChI=1S/C20H24BrN5O/c1-12(2)18-17(21)19(24-23-18)20(27)22-10-9-15-5-7-16(8-6-15)26-14(4)11-13(3)25-26/h5-8,11-12H,9-10H2,1-4H3,(H,22,27)(H,23,24). The quantitative estimate of drug-likeness (QED) is 0.619. The Hall–Kier alpha value is -2.41. The summed E-state index contributed by atoms with van der Waals surface area (Å²) in [6.07, 6.45) is 0.752. The van der Waals surface area contributed by atoms with Gasteiger partial charge in [-0.3, -0.25) is 9.89 Å². The van der Waals surface area contributed by atoms with E-state index in [1.165, 1.54) is 0 Å². The van der Waals surface area contributed by atoms with Crippen LogP contribution in [-0.2, 0) is 6.42 Å². The predicted molar refractivity (Wildman–Crippen MR) is 109 cm³/mol. The van der Waals surface area contributed by atoms with Crippen LogP contribution in [0.3, 0.4) is 0 Å². The van der Waals surface area contributed by atoms with Crippen LogP contribution in [0.1, 0.15) is 52.9 Å². The Morgan fingerprint density at radius 1 is 1.26 bits per heavy atom. The summed E-state index contributed by atoms with van der Waals surface area (Å²) in [5.74, 6) is 0.0958. The third kappa shape index (κ3) is 4.30. The molecule has 2 aromatic heterocycles. The van der Waals surface area contributed by atoms with Gasteiger partial charge in [-0.15, -0.1) is 0 Å². The lowest BCUT2D eigenvalue weighted by atomic mass is 10.1. The molecule has 27 heavy (non-hydrogen) atoms. The van der Waals surface area contributed by atoms with Gasteiger partial charge in [0.25, 0.3) is 5.91 Å². The number of benzene rings is 1. The van der Waals surface area contributed by atoms with Crippen molar-refractivity contribution in [2.75, 3.05) is 6.54 Å². The van der Waals surface area contributed by atoms with Crippen LogP contribution in [0.15, 0.2) is 34.8 Å². The van der Waals surface area contributed by atoms with Crippen LogP contribution >= 0.6 is 15.9 Å². The third-order valence-electron chi connectivity index (χ3n) is 4.41. The van der Waals surface area contributed by atoms with Gasteiger partial charge in [-0.1, -0.05) is 26.0 Å². The van der Waals surface area contributed by atoms with Gasteiger partial charge in [0.2, 0.25) is 0 Å². The molecule has 0 saturated carbocycles. The third-order valence-corrected chi connectivity index (χ3v) is 5.22. The highest BCUT2D eigenvalue weighted by atomic mass is 79.9. The molecule has 3 rings (SSSR count). The summed E-state index contributed by atoms with van der Waals surface area (Å²) >= 11 is 3.46. The monoisotopic (exact) mass is 429 g/mol. The first-order valence-electron chi connectivity index (χ1n) is 9.01. The number of aromatic nitrogens is 4. The van der Waals surface area contributed by atoms with E-state index in [2.05, 4.69) is 80.7 Å². The summed E-state index contributed by atoms with van der Waals surface area (Å²) in [5.41, 5.74) is 5.64. The molecule has 0 aliphatic rings. The number of rotatable bonds is 6. The fraction of sp³-hybridized carbons (Fsp3) is 0.350. The van der Waals surface area contributed by atoms with E-state index in [1.54, 1.807) is 0 Å². The van der Waals surface area contributed by atoms with Crippen molar-refractivity contribution in [2.45, 2.75) is 40.0 Å². The fourth-order valence-corrected chi connectivity index (χ4v) is 3.79. The van der Waals surface area contributed by atoms with Crippen LogP contribution in [0.25, 0.3) is 5.69 Å². The van der Waals surface area contributed by atoms with E-state index < -0.39 is 0 Å². The van der Waals surface area contributed by atoms with E-state index in [4.69, 9.17) is 0 Å². The van der Waals surface area contributed by atoms with Crippen molar-refractivity contribution in [3.8, 4) is 5.69 Å². The van der Waals surface area contributed by atoms with Gasteiger partial charge in [-0.2, -0.15) is 10.2 Å². The number of aryl methyl sites for hydroxylation is 2. The Bertz CT molecular complexity index is 940. The zero-order valence-corrected chi connectivity index (χ0v) is 17.6. The highest BCUT2D eigenvalue weighted by Gasteiger charge is 2.18. The van der Waals surface area contributed by atoms with Gasteiger partial charge in [0.1, 0.15) is 0 Å². The summed E-state index contributed by atoms with van der Waals surface area (Å²) in [6, 6.07) is 10.3. The van der Waals surface area contributed by atoms with E-state index in [0.29, 0.717) is 12.2 Å². The maximum absolute atomic E-state index is 12.3. The lowest BCUT2D eigenvalue weighted by Crippen LogP contribution is -2.26. The number of H-pyrrole nitrogens is 1. The molecular formula is C20H24BrN5O. The molecule has 2 N–H and O–H groups in total. The van der Waals surface area contributed by atoms with Gasteiger partial charge < -0.3 is 5.32 Å². The lowest BCUT2D eigenvalue weighted by molar-refractivity contribution is 0.0948. The maximum Gasteiger partial charge on any atom is 0.272 e. The second kappa shape index (κ2) is 8.08. The van der Waals surface area contributed by atoms with Gasteiger partial charge in [0.05, 0.1) is 21.5 Å². The van der Waals surface area contributed by atoms with Crippen LogP contribution < -0.4 is 5.32 Å². The van der Waals surface area contributed by atoms with Gasteiger partial charge in [0.15, 0.2) is 5.69 Å². The van der Waals surface area contributed by atoms with Crippen LogP contribution in [-0.4, -0.2) is 32.4 Å². The maximum atomic E-state index is 12.3. The average Bonchev–Trinajstić information content (AvgIpc) is 3.17. The number of amides is 1. The van der Waals surface area contributed by atoms with E-state index >= 15 is 0 Å². The minimum Gasteiger partial charge on any atom is -0.350 e. The molecule has 0 aliphatic carbocycles. The number of hydrogen-bond acceptors (Lipinski definition) is 3. The Balaban J connectivity index is 1.58. The van der Waals surface area contributed by atoms with E-state index in [0.717, 1.165) is 39.2 Å². The smallest absolute Gasteiger partial charge is 0.272 e. The Morgan fingerprint density at radius 2 is 1.96 bits per heavy atom. The molecule has 0 aliphatic heterocycles. The molecule has 6 nitrogen and oxygen atoms in total. The van der Waals surface area contributed by atoms with Gasteiger partial charge in [0, 0.05) is 12.2 Å². The minimum atomic E-state index is -0.177. The number of aromatic amines is 1. The summed E-state index contributed by atoms with van der Waals surface area (Å²) in [5, 5.41) is 14.5. The number of carbonyl (C=O) groups excluding carboxylic acids is 1. The van der Waals surface area contributed by atoms with Crippen LogP contribution in [0.5, 0.6) is 0 Å². The molecule has 0 radical (unpaired) electrons. The van der Waals surface area contributed by atoms with Crippen molar-refractivity contribution < 1.29 is 4.79 Å². The molecule has 0 saturated heterocycles. The van der Waals surface area contributed by atoms with Crippen molar-refractivity contribution in [1.82, 2.24) is 25.3 Å². The normalized spacial score (nSPS) is 11.2. The molecule has 3 aromatic rings. The Labute approximate surface area is 167 Å². The van der Waals surface area contributed by atoms with Crippen molar-refractivity contribution in [3.05, 3.63) is 63.1 Å². The molecule has 0 atom stereocenters. The largest absolute Gasteiger partial charge is 0.350 e. The summed E-state index contributed by atoms with van der Waals surface area (Å²) in [6.45, 7) is 8.68. The van der Waals surface area contributed by atoms with Crippen molar-refractivity contribution in [3.63, 3.8) is 0 Å². The van der Waals surface area contributed by atoms with Gasteiger partial charge in [-0.05, 0) is 65.9 Å². The second-order valence-electron chi connectivity index (χ2n) is 6.97. The lowest BCUT2D eigenvalue weighted by Gasteiger charge is -2.07. The topological polar surface area (TPSA) is 75.6 Å². The van der Waals surface area contributed by atoms with Crippen molar-refractivity contribution in [2.24, 2.45) is 0 Å². The highest BCUT2D eigenvalue weighted by molar-refractivity contribution is 9.10. The number of halogens is 1. The first-order valence-corrected chi connectivity index (χ1v) is 9.80. The number of hydrogen-bond donors (Lipinski definition) is 2. The van der Waals surface area contributed by atoms with Crippen LogP contribution in [0.2, 0.25) is 0 Å². The van der Waals surface area contributed by atoms with Gasteiger partial charge >= 0.3 is 0 Å². The Morgan fingerprint density at radius 3 is 2.52 bits per heavy atom. The minimum absolute atomic E-state index is 0.177. The predicted octanol–water partition coefficient (Wildman–Crippen LogP) is 4.07. The van der Waals surface area contributed by atoms with Crippen LogP contribution in [0, 0.1) is 13.8 Å². The first kappa shape index (κ1) is 19.4. The van der Waals surface area contributed by atoms with E-state index in [9.17, 15) is 4.79 Å². The molecular weight excluding hydrogens is 406 g/mol. The number of carbonyl (C=O) groups is 1. The molecule has 0 spiro atoms. The average molecular weight is 430 g/mol. The highest BCUT2D eigenvalue weighted by Crippen LogP contribution is 2.25. The number of nitrogens with one attached hydrogen (secondary N) is 2. The molecule has 0 unspecified atom stereocenters. The fourth-order valence-electron chi connectivity index (χ4n) is 2.97. The summed E-state index contributed by atoms with van der Waals surface area (Å²) in [7, 11) is 0. The molecule has 7 heteroatoms. The van der Waals surface area contributed by atoms with E-state index in [-0.39, 0.29) is 11.8 Å². The molecule has 1 amide bonds. The molecule has 0 fully saturated rings. The zero-order chi connectivity index (χ0) is 19.6. The second-order valence-corrected chi connectivity index (χ2v) is 7.76. The molecule has 142 valence electrons. The number of nitrogens with zero attached hydrogens (tertiary/aromatic N) is 3. The SMILES string of the molecule is Cc1cc(C)n(-c2ccc(CCNC(=O)c3n[nH]c(C(C)C)c3Br)cc2)n1. The van der Waals surface area contributed by atoms with Crippen LogP contribution in [0.4, 0.5) is 0 Å². The molecule has 0 bridgehead atoms. The Kier molecular flexibility index (Phi) is 5.79. The first-order chi connectivity index (χ1) is 12.9. The molecule has 1 aromatic carbocycles. The van der Waals surface area contributed by atoms with Crippen molar-refractivity contribution in [1.29, 1.82) is 0 Å². The van der Waals surface area contributed by atoms with Gasteiger partial charge in [-0.25, -0.2) is 4.68 Å².